The molecule has 0 radical (unpaired) electrons. The Hall–Kier alpha value is -0.860. The average Bonchev–Trinajstić information content (AvgIpc) is 2.44. The van der Waals surface area contributed by atoms with E-state index >= 15 is 0 Å². The van der Waals surface area contributed by atoms with Crippen LogP contribution in [-0.2, 0) is 0 Å². The second kappa shape index (κ2) is 7.42. The van der Waals surface area contributed by atoms with E-state index in [1.165, 1.54) is 30.6 Å². The van der Waals surface area contributed by atoms with Gasteiger partial charge in [0.25, 0.3) is 0 Å². The van der Waals surface area contributed by atoms with E-state index in [0.717, 1.165) is 18.4 Å². The zero-order valence-electron chi connectivity index (χ0n) is 14.4. The summed E-state index contributed by atoms with van der Waals surface area (Å²) in [5.74, 6) is 1.63. The molecule has 1 aromatic rings. The third-order valence-electron chi connectivity index (χ3n) is 4.82. The summed E-state index contributed by atoms with van der Waals surface area (Å²) in [6.07, 6.45) is 1.37. The fourth-order valence-corrected chi connectivity index (χ4v) is 3.82. The molecule has 4 atom stereocenters. The standard InChI is InChI=1S/C19H32N2/c1-6-20-19(18-9-7-14(2)8-10-18)17(5)21-12-15(3)11-16(4)13-21/h7-10,15-17,19-20H,6,11-13H2,1-5H3. The Morgan fingerprint density at radius 1 is 1.14 bits per heavy atom. The van der Waals surface area contributed by atoms with Crippen molar-refractivity contribution in [3.05, 3.63) is 35.4 Å². The lowest BCUT2D eigenvalue weighted by atomic mass is 9.89. The quantitative estimate of drug-likeness (QED) is 0.880. The Kier molecular flexibility index (Phi) is 5.83. The van der Waals surface area contributed by atoms with Crippen LogP contribution in [0.3, 0.4) is 0 Å². The molecule has 1 saturated heterocycles. The van der Waals surface area contributed by atoms with Crippen molar-refractivity contribution in [2.75, 3.05) is 19.6 Å². The highest BCUT2D eigenvalue weighted by atomic mass is 15.2. The van der Waals surface area contributed by atoms with E-state index in [1.54, 1.807) is 0 Å². The van der Waals surface area contributed by atoms with E-state index in [1.807, 2.05) is 0 Å². The van der Waals surface area contributed by atoms with Crippen LogP contribution >= 0.6 is 0 Å². The number of nitrogens with zero attached hydrogens (tertiary/aromatic N) is 1. The van der Waals surface area contributed by atoms with Crippen LogP contribution in [0.5, 0.6) is 0 Å². The Balaban J connectivity index is 2.14. The van der Waals surface area contributed by atoms with Crippen molar-refractivity contribution >= 4 is 0 Å². The molecule has 1 N–H and O–H groups in total. The van der Waals surface area contributed by atoms with Gasteiger partial charge in [-0.05, 0) is 44.2 Å². The van der Waals surface area contributed by atoms with Crippen LogP contribution in [-0.4, -0.2) is 30.6 Å². The van der Waals surface area contributed by atoms with E-state index < -0.39 is 0 Å². The maximum Gasteiger partial charge on any atom is 0.0475 e. The van der Waals surface area contributed by atoms with Gasteiger partial charge in [-0.15, -0.1) is 0 Å². The van der Waals surface area contributed by atoms with Gasteiger partial charge in [0.1, 0.15) is 0 Å². The molecule has 2 nitrogen and oxygen atoms in total. The minimum atomic E-state index is 0.424. The molecule has 4 unspecified atom stereocenters. The number of benzene rings is 1. The molecule has 21 heavy (non-hydrogen) atoms. The largest absolute Gasteiger partial charge is 0.309 e. The minimum absolute atomic E-state index is 0.424. The lowest BCUT2D eigenvalue weighted by Gasteiger charge is -2.42. The first-order valence-corrected chi connectivity index (χ1v) is 8.55. The Bertz CT molecular complexity index is 416. The third kappa shape index (κ3) is 4.31. The van der Waals surface area contributed by atoms with E-state index in [2.05, 4.69) is 69.1 Å². The summed E-state index contributed by atoms with van der Waals surface area (Å²) in [5, 5.41) is 3.70. The lowest BCUT2D eigenvalue weighted by molar-refractivity contribution is 0.0836. The number of nitrogens with one attached hydrogen (secondary N) is 1. The van der Waals surface area contributed by atoms with Gasteiger partial charge >= 0.3 is 0 Å². The zero-order valence-corrected chi connectivity index (χ0v) is 14.4. The number of likely N-dealkylation sites (N-methyl/N-ethyl adjacent to an activating group) is 1. The summed E-state index contributed by atoms with van der Waals surface area (Å²) in [5.41, 5.74) is 2.75. The van der Waals surface area contributed by atoms with Gasteiger partial charge in [0.2, 0.25) is 0 Å². The number of likely N-dealkylation sites (tertiary alicyclic amines) is 1. The second-order valence-corrected chi connectivity index (χ2v) is 7.09. The molecular weight excluding hydrogens is 256 g/mol. The summed E-state index contributed by atoms with van der Waals surface area (Å²) in [4.78, 5) is 2.69. The lowest BCUT2D eigenvalue weighted by Crippen LogP contribution is -2.49. The maximum atomic E-state index is 3.70. The topological polar surface area (TPSA) is 15.3 Å². The molecule has 0 saturated carbocycles. The Morgan fingerprint density at radius 3 is 2.24 bits per heavy atom. The van der Waals surface area contributed by atoms with Crippen molar-refractivity contribution in [1.29, 1.82) is 0 Å². The monoisotopic (exact) mass is 288 g/mol. The Morgan fingerprint density at radius 2 is 1.71 bits per heavy atom. The van der Waals surface area contributed by atoms with Gasteiger partial charge in [-0.2, -0.15) is 0 Å². The molecule has 1 aromatic carbocycles. The number of piperidine rings is 1. The van der Waals surface area contributed by atoms with Crippen LogP contribution in [0, 0.1) is 18.8 Å². The van der Waals surface area contributed by atoms with Crippen LogP contribution in [0.25, 0.3) is 0 Å². The molecule has 0 spiro atoms. The third-order valence-corrected chi connectivity index (χ3v) is 4.82. The minimum Gasteiger partial charge on any atom is -0.309 e. The predicted molar refractivity (Wildman–Crippen MR) is 91.6 cm³/mol. The van der Waals surface area contributed by atoms with Gasteiger partial charge in [0.15, 0.2) is 0 Å². The summed E-state index contributed by atoms with van der Waals surface area (Å²) in [6.45, 7) is 15.0. The van der Waals surface area contributed by atoms with Crippen LogP contribution in [0.2, 0.25) is 0 Å². The molecule has 2 rings (SSSR count). The van der Waals surface area contributed by atoms with Crippen molar-refractivity contribution in [3.8, 4) is 0 Å². The smallest absolute Gasteiger partial charge is 0.0475 e. The number of hydrogen-bond donors (Lipinski definition) is 1. The molecular formula is C19H32N2. The fourth-order valence-electron chi connectivity index (χ4n) is 3.82. The molecule has 1 heterocycles. The molecule has 2 heteroatoms. The highest BCUT2D eigenvalue weighted by molar-refractivity contribution is 5.25. The first-order chi connectivity index (χ1) is 10.0. The molecule has 1 aliphatic rings. The summed E-state index contributed by atoms with van der Waals surface area (Å²) in [6, 6.07) is 10.00. The molecule has 0 bridgehead atoms. The van der Waals surface area contributed by atoms with E-state index in [4.69, 9.17) is 0 Å². The molecule has 1 aliphatic heterocycles. The van der Waals surface area contributed by atoms with Crippen molar-refractivity contribution < 1.29 is 0 Å². The maximum absolute atomic E-state index is 3.70. The van der Waals surface area contributed by atoms with Gasteiger partial charge < -0.3 is 5.32 Å². The number of aryl methyl sites for hydroxylation is 1. The van der Waals surface area contributed by atoms with Crippen molar-refractivity contribution in [1.82, 2.24) is 10.2 Å². The SMILES string of the molecule is CCNC(c1ccc(C)cc1)C(C)N1CC(C)CC(C)C1. The molecule has 118 valence electrons. The Labute approximate surface area is 130 Å². The summed E-state index contributed by atoms with van der Waals surface area (Å²) >= 11 is 0. The fraction of sp³-hybridized carbons (Fsp3) is 0.684. The predicted octanol–water partition coefficient (Wildman–Crippen LogP) is 4.01. The van der Waals surface area contributed by atoms with Gasteiger partial charge in [0.05, 0.1) is 0 Å². The molecule has 0 aliphatic carbocycles. The second-order valence-electron chi connectivity index (χ2n) is 7.09. The van der Waals surface area contributed by atoms with Crippen LogP contribution in [0.4, 0.5) is 0 Å². The van der Waals surface area contributed by atoms with Crippen LogP contribution in [0.1, 0.15) is 51.3 Å². The normalized spacial score (nSPS) is 26.5. The van der Waals surface area contributed by atoms with Gasteiger partial charge in [-0.3, -0.25) is 4.90 Å². The van der Waals surface area contributed by atoms with E-state index in [-0.39, 0.29) is 0 Å². The van der Waals surface area contributed by atoms with Crippen LogP contribution in [0.15, 0.2) is 24.3 Å². The first kappa shape index (κ1) is 16.5. The highest BCUT2D eigenvalue weighted by Gasteiger charge is 2.29. The van der Waals surface area contributed by atoms with E-state index in [9.17, 15) is 0 Å². The van der Waals surface area contributed by atoms with E-state index in [0.29, 0.717) is 12.1 Å². The summed E-state index contributed by atoms with van der Waals surface area (Å²) < 4.78 is 0. The van der Waals surface area contributed by atoms with Crippen molar-refractivity contribution in [2.45, 2.75) is 53.1 Å². The van der Waals surface area contributed by atoms with Gasteiger partial charge in [0, 0.05) is 25.2 Å². The van der Waals surface area contributed by atoms with Crippen molar-refractivity contribution in [3.63, 3.8) is 0 Å². The summed E-state index contributed by atoms with van der Waals surface area (Å²) in [7, 11) is 0. The number of hydrogen-bond acceptors (Lipinski definition) is 2. The van der Waals surface area contributed by atoms with Crippen LogP contribution < -0.4 is 5.32 Å². The van der Waals surface area contributed by atoms with Gasteiger partial charge in [-0.1, -0.05) is 50.6 Å². The molecule has 0 amide bonds. The molecule has 0 aromatic heterocycles. The first-order valence-electron chi connectivity index (χ1n) is 8.55. The highest BCUT2D eigenvalue weighted by Crippen LogP contribution is 2.28. The average molecular weight is 288 g/mol. The number of rotatable bonds is 5. The van der Waals surface area contributed by atoms with Gasteiger partial charge in [-0.25, -0.2) is 0 Å². The van der Waals surface area contributed by atoms with Crippen molar-refractivity contribution in [2.24, 2.45) is 11.8 Å². The molecule has 1 fully saturated rings. The zero-order chi connectivity index (χ0) is 15.4.